The Hall–Kier alpha value is -0.350. The maximum atomic E-state index is 11.8. The van der Waals surface area contributed by atoms with Gasteiger partial charge in [0.05, 0.1) is 11.4 Å². The molecular weight excluding hydrogens is 336 g/mol. The second-order valence-corrected chi connectivity index (χ2v) is 5.30. The van der Waals surface area contributed by atoms with Gasteiger partial charge in [-0.25, -0.2) is 0 Å². The van der Waals surface area contributed by atoms with Gasteiger partial charge < -0.3 is 4.74 Å². The topological polar surface area (TPSA) is 26.3 Å². The standard InChI is InChI=1S/C12H14Br2O2/c1-3-16-11-5-4-9(6-10(11)7-13)12(15)8(2)14/h4-6,8H,3,7H2,1-2H3. The second-order valence-electron chi connectivity index (χ2n) is 3.37. The summed E-state index contributed by atoms with van der Waals surface area (Å²) in [7, 11) is 0. The zero-order valence-electron chi connectivity index (χ0n) is 9.30. The summed E-state index contributed by atoms with van der Waals surface area (Å²) in [4.78, 5) is 11.6. The molecule has 2 nitrogen and oxygen atoms in total. The van der Waals surface area contributed by atoms with Gasteiger partial charge >= 0.3 is 0 Å². The molecule has 1 rings (SSSR count). The van der Waals surface area contributed by atoms with E-state index in [2.05, 4.69) is 31.9 Å². The number of carbonyl (C=O) groups is 1. The van der Waals surface area contributed by atoms with Crippen LogP contribution >= 0.6 is 31.9 Å². The van der Waals surface area contributed by atoms with Crippen molar-refractivity contribution in [1.29, 1.82) is 0 Å². The number of hydrogen-bond donors (Lipinski definition) is 0. The summed E-state index contributed by atoms with van der Waals surface area (Å²) in [5, 5.41) is 0.681. The van der Waals surface area contributed by atoms with E-state index in [1.807, 2.05) is 26.0 Å². The lowest BCUT2D eigenvalue weighted by Crippen LogP contribution is -2.10. The van der Waals surface area contributed by atoms with Crippen molar-refractivity contribution in [2.45, 2.75) is 24.0 Å². The maximum absolute atomic E-state index is 11.8. The van der Waals surface area contributed by atoms with E-state index in [1.165, 1.54) is 0 Å². The third-order valence-electron chi connectivity index (χ3n) is 2.15. The van der Waals surface area contributed by atoms with Crippen molar-refractivity contribution in [3.8, 4) is 5.75 Å². The number of ether oxygens (including phenoxy) is 1. The molecule has 0 bridgehead atoms. The number of ketones is 1. The van der Waals surface area contributed by atoms with Gasteiger partial charge in [0.1, 0.15) is 5.75 Å². The molecule has 0 fully saturated rings. The van der Waals surface area contributed by atoms with Gasteiger partial charge in [0.2, 0.25) is 0 Å². The smallest absolute Gasteiger partial charge is 0.176 e. The van der Waals surface area contributed by atoms with Crippen LogP contribution in [-0.4, -0.2) is 17.2 Å². The molecule has 0 saturated carbocycles. The van der Waals surface area contributed by atoms with Crippen molar-refractivity contribution in [3.05, 3.63) is 29.3 Å². The number of hydrogen-bond acceptors (Lipinski definition) is 2. The molecule has 0 heterocycles. The predicted octanol–water partition coefficient (Wildman–Crippen LogP) is 3.95. The highest BCUT2D eigenvalue weighted by molar-refractivity contribution is 9.10. The van der Waals surface area contributed by atoms with E-state index >= 15 is 0 Å². The first-order chi connectivity index (χ1) is 7.60. The minimum Gasteiger partial charge on any atom is -0.494 e. The largest absolute Gasteiger partial charge is 0.494 e. The van der Waals surface area contributed by atoms with E-state index in [0.29, 0.717) is 17.5 Å². The number of alkyl halides is 2. The molecule has 4 heteroatoms. The normalized spacial score (nSPS) is 12.2. The molecule has 1 atom stereocenters. The Morgan fingerprint density at radius 1 is 1.50 bits per heavy atom. The van der Waals surface area contributed by atoms with Crippen LogP contribution in [0.2, 0.25) is 0 Å². The van der Waals surface area contributed by atoms with Gasteiger partial charge in [0, 0.05) is 16.5 Å². The van der Waals surface area contributed by atoms with Crippen molar-refractivity contribution in [2.24, 2.45) is 0 Å². The van der Waals surface area contributed by atoms with Crippen LogP contribution in [0, 0.1) is 0 Å². The second kappa shape index (κ2) is 6.40. The molecule has 0 spiro atoms. The molecule has 0 aliphatic carbocycles. The summed E-state index contributed by atoms with van der Waals surface area (Å²) in [6.07, 6.45) is 0. The first-order valence-corrected chi connectivity index (χ1v) is 7.13. The van der Waals surface area contributed by atoms with Gasteiger partial charge in [-0.2, -0.15) is 0 Å². The van der Waals surface area contributed by atoms with E-state index in [0.717, 1.165) is 11.3 Å². The quantitative estimate of drug-likeness (QED) is 0.594. The lowest BCUT2D eigenvalue weighted by molar-refractivity contribution is 0.0995. The van der Waals surface area contributed by atoms with Gasteiger partial charge in [-0.3, -0.25) is 4.79 Å². The van der Waals surface area contributed by atoms with Crippen molar-refractivity contribution >= 4 is 37.6 Å². The Kier molecular flexibility index (Phi) is 5.49. The van der Waals surface area contributed by atoms with Crippen molar-refractivity contribution in [1.82, 2.24) is 0 Å². The lowest BCUT2D eigenvalue weighted by Gasteiger charge is -2.10. The first-order valence-electron chi connectivity index (χ1n) is 5.10. The van der Waals surface area contributed by atoms with Gasteiger partial charge in [0.15, 0.2) is 5.78 Å². The van der Waals surface area contributed by atoms with Crippen LogP contribution in [0.4, 0.5) is 0 Å². The summed E-state index contributed by atoms with van der Waals surface area (Å²) in [5.41, 5.74) is 1.71. The summed E-state index contributed by atoms with van der Waals surface area (Å²) in [6, 6.07) is 5.53. The van der Waals surface area contributed by atoms with Gasteiger partial charge in [0.25, 0.3) is 0 Å². The van der Waals surface area contributed by atoms with E-state index in [-0.39, 0.29) is 10.6 Å². The Labute approximate surface area is 113 Å². The molecule has 88 valence electrons. The Morgan fingerprint density at radius 2 is 2.19 bits per heavy atom. The number of carbonyl (C=O) groups excluding carboxylic acids is 1. The average molecular weight is 350 g/mol. The highest BCUT2D eigenvalue weighted by Gasteiger charge is 2.13. The van der Waals surface area contributed by atoms with Gasteiger partial charge in [-0.15, -0.1) is 0 Å². The summed E-state index contributed by atoms with van der Waals surface area (Å²) >= 11 is 6.68. The summed E-state index contributed by atoms with van der Waals surface area (Å²) < 4.78 is 5.47. The Morgan fingerprint density at radius 3 is 2.69 bits per heavy atom. The lowest BCUT2D eigenvalue weighted by atomic mass is 10.1. The van der Waals surface area contributed by atoms with Crippen LogP contribution in [0.15, 0.2) is 18.2 Å². The zero-order chi connectivity index (χ0) is 12.1. The highest BCUT2D eigenvalue weighted by Crippen LogP contribution is 2.24. The molecule has 0 radical (unpaired) electrons. The van der Waals surface area contributed by atoms with Gasteiger partial charge in [-0.1, -0.05) is 31.9 Å². The SMILES string of the molecule is CCOc1ccc(C(=O)C(C)Br)cc1CBr. The van der Waals surface area contributed by atoms with Crippen LogP contribution in [0.5, 0.6) is 5.75 Å². The molecule has 0 aliphatic rings. The molecule has 0 aliphatic heterocycles. The van der Waals surface area contributed by atoms with Crippen LogP contribution in [0.25, 0.3) is 0 Å². The molecule has 0 N–H and O–H groups in total. The third-order valence-corrected chi connectivity index (χ3v) is 3.17. The number of Topliss-reactive ketones (excluding diaryl/α,β-unsaturated/α-hetero) is 1. The van der Waals surface area contributed by atoms with Crippen molar-refractivity contribution in [2.75, 3.05) is 6.61 Å². The molecular formula is C12H14Br2O2. The Bertz CT molecular complexity index is 375. The average Bonchev–Trinajstić information content (AvgIpc) is 2.29. The van der Waals surface area contributed by atoms with E-state index in [9.17, 15) is 4.79 Å². The number of rotatable bonds is 5. The third kappa shape index (κ3) is 3.32. The minimum atomic E-state index is -0.159. The minimum absolute atomic E-state index is 0.0882. The van der Waals surface area contributed by atoms with E-state index < -0.39 is 0 Å². The predicted molar refractivity (Wildman–Crippen MR) is 73.0 cm³/mol. The molecule has 16 heavy (non-hydrogen) atoms. The van der Waals surface area contributed by atoms with Gasteiger partial charge in [-0.05, 0) is 32.0 Å². The van der Waals surface area contributed by atoms with Crippen LogP contribution in [-0.2, 0) is 5.33 Å². The zero-order valence-corrected chi connectivity index (χ0v) is 12.5. The maximum Gasteiger partial charge on any atom is 0.176 e. The molecule has 1 aromatic carbocycles. The molecule has 0 amide bonds. The van der Waals surface area contributed by atoms with E-state index in [1.54, 1.807) is 6.07 Å². The summed E-state index contributed by atoms with van der Waals surface area (Å²) in [5.74, 6) is 0.920. The van der Waals surface area contributed by atoms with Crippen LogP contribution in [0.3, 0.4) is 0 Å². The van der Waals surface area contributed by atoms with Crippen molar-refractivity contribution in [3.63, 3.8) is 0 Å². The van der Waals surface area contributed by atoms with Crippen LogP contribution in [0.1, 0.15) is 29.8 Å². The molecule has 1 aromatic rings. The number of halogens is 2. The summed E-state index contributed by atoms with van der Waals surface area (Å²) in [6.45, 7) is 4.40. The first kappa shape index (κ1) is 13.7. The fraction of sp³-hybridized carbons (Fsp3) is 0.417. The molecule has 0 aromatic heterocycles. The Balaban J connectivity index is 3.03. The van der Waals surface area contributed by atoms with Crippen molar-refractivity contribution < 1.29 is 9.53 Å². The number of benzene rings is 1. The van der Waals surface area contributed by atoms with Crippen LogP contribution < -0.4 is 4.74 Å². The fourth-order valence-corrected chi connectivity index (χ4v) is 2.07. The monoisotopic (exact) mass is 348 g/mol. The van der Waals surface area contributed by atoms with E-state index in [4.69, 9.17) is 4.74 Å². The fourth-order valence-electron chi connectivity index (χ4n) is 1.36. The molecule has 0 saturated heterocycles. The molecule has 1 unspecified atom stereocenters. The highest BCUT2D eigenvalue weighted by atomic mass is 79.9.